The van der Waals surface area contributed by atoms with Crippen molar-refractivity contribution in [3.05, 3.63) is 0 Å². The van der Waals surface area contributed by atoms with Gasteiger partial charge in [0.1, 0.15) is 0 Å². The summed E-state index contributed by atoms with van der Waals surface area (Å²) in [6.45, 7) is 4.62. The van der Waals surface area contributed by atoms with Gasteiger partial charge in [0, 0.05) is 17.3 Å². The summed E-state index contributed by atoms with van der Waals surface area (Å²) >= 11 is 2.17. The van der Waals surface area contributed by atoms with Crippen LogP contribution >= 0.6 is 11.8 Å². The molecule has 0 spiro atoms. The molecule has 2 unspecified atom stereocenters. The molecule has 2 atom stereocenters. The first kappa shape index (κ1) is 14.7. The van der Waals surface area contributed by atoms with Crippen LogP contribution < -0.4 is 5.32 Å². The van der Waals surface area contributed by atoms with Gasteiger partial charge >= 0.3 is 0 Å². The van der Waals surface area contributed by atoms with E-state index in [-0.39, 0.29) is 0 Å². The first-order valence-electron chi connectivity index (χ1n) is 8.19. The Morgan fingerprint density at radius 3 is 2.33 bits per heavy atom. The van der Waals surface area contributed by atoms with Crippen molar-refractivity contribution in [3.8, 4) is 0 Å². The molecule has 0 aromatic rings. The average molecular weight is 269 g/mol. The minimum atomic E-state index is 0.835. The van der Waals surface area contributed by atoms with E-state index in [0.29, 0.717) is 0 Å². The van der Waals surface area contributed by atoms with Crippen LogP contribution in [0.5, 0.6) is 0 Å². The van der Waals surface area contributed by atoms with E-state index in [1.807, 2.05) is 0 Å². The van der Waals surface area contributed by atoms with Crippen LogP contribution in [0.15, 0.2) is 0 Å². The SMILES string of the molecule is CCCC1CCC(NC2CCC(SCC)C2)CC1. The molecule has 0 aliphatic heterocycles. The molecule has 0 saturated heterocycles. The Labute approximate surface area is 118 Å². The topological polar surface area (TPSA) is 12.0 Å². The normalized spacial score (nSPS) is 37.0. The highest BCUT2D eigenvalue weighted by molar-refractivity contribution is 7.99. The highest BCUT2D eigenvalue weighted by atomic mass is 32.2. The van der Waals surface area contributed by atoms with Crippen molar-refractivity contribution in [2.75, 3.05) is 5.75 Å². The average Bonchev–Trinajstić information content (AvgIpc) is 2.80. The van der Waals surface area contributed by atoms with Gasteiger partial charge in [-0.3, -0.25) is 0 Å². The molecule has 1 N–H and O–H groups in total. The molecule has 0 bridgehead atoms. The van der Waals surface area contributed by atoms with Gasteiger partial charge in [0.05, 0.1) is 0 Å². The standard InChI is InChI=1S/C16H31NS/c1-3-5-13-6-8-14(9-7-13)17-15-10-11-16(12-15)18-4-2/h13-17H,3-12H2,1-2H3. The van der Waals surface area contributed by atoms with Crippen LogP contribution in [0.2, 0.25) is 0 Å². The van der Waals surface area contributed by atoms with Crippen molar-refractivity contribution < 1.29 is 0 Å². The second-order valence-corrected chi connectivity index (χ2v) is 7.84. The molecule has 0 heterocycles. The van der Waals surface area contributed by atoms with Crippen LogP contribution in [0.25, 0.3) is 0 Å². The van der Waals surface area contributed by atoms with Crippen molar-refractivity contribution >= 4 is 11.8 Å². The molecular formula is C16H31NS. The zero-order chi connectivity index (χ0) is 12.8. The summed E-state index contributed by atoms with van der Waals surface area (Å²) in [7, 11) is 0. The smallest absolute Gasteiger partial charge is 0.00805 e. The predicted octanol–water partition coefficient (Wildman–Crippen LogP) is 4.61. The summed E-state index contributed by atoms with van der Waals surface area (Å²) in [5.74, 6) is 2.33. The second kappa shape index (κ2) is 7.79. The minimum Gasteiger partial charge on any atom is -0.311 e. The lowest BCUT2D eigenvalue weighted by Crippen LogP contribution is -2.39. The Bertz CT molecular complexity index is 223. The van der Waals surface area contributed by atoms with Gasteiger partial charge in [-0.05, 0) is 56.6 Å². The molecule has 2 saturated carbocycles. The van der Waals surface area contributed by atoms with Gasteiger partial charge < -0.3 is 5.32 Å². The third-order valence-electron chi connectivity index (χ3n) is 4.80. The van der Waals surface area contributed by atoms with Gasteiger partial charge in [-0.1, -0.05) is 26.7 Å². The van der Waals surface area contributed by atoms with E-state index < -0.39 is 0 Å². The molecular weight excluding hydrogens is 238 g/mol. The molecule has 1 nitrogen and oxygen atoms in total. The second-order valence-electron chi connectivity index (χ2n) is 6.26. The quantitative estimate of drug-likeness (QED) is 0.756. The van der Waals surface area contributed by atoms with E-state index in [1.54, 1.807) is 0 Å². The Balaban J connectivity index is 1.63. The Morgan fingerprint density at radius 2 is 1.67 bits per heavy atom. The maximum Gasteiger partial charge on any atom is 0.00805 e. The molecule has 0 aromatic heterocycles. The first-order chi connectivity index (χ1) is 8.81. The van der Waals surface area contributed by atoms with Crippen LogP contribution in [0, 0.1) is 5.92 Å². The lowest BCUT2D eigenvalue weighted by Gasteiger charge is -2.31. The Kier molecular flexibility index (Phi) is 6.37. The summed E-state index contributed by atoms with van der Waals surface area (Å²) < 4.78 is 0. The fraction of sp³-hybridized carbons (Fsp3) is 1.00. The molecule has 2 fully saturated rings. The van der Waals surface area contributed by atoms with Crippen LogP contribution in [-0.4, -0.2) is 23.1 Å². The van der Waals surface area contributed by atoms with Gasteiger partial charge in [0.25, 0.3) is 0 Å². The van der Waals surface area contributed by atoms with E-state index >= 15 is 0 Å². The number of hydrogen-bond acceptors (Lipinski definition) is 2. The Hall–Kier alpha value is 0.310. The van der Waals surface area contributed by atoms with Crippen LogP contribution in [0.3, 0.4) is 0 Å². The lowest BCUT2D eigenvalue weighted by atomic mass is 9.83. The number of hydrogen-bond donors (Lipinski definition) is 1. The van der Waals surface area contributed by atoms with Crippen molar-refractivity contribution in [1.82, 2.24) is 5.32 Å². The molecule has 0 aromatic carbocycles. The fourth-order valence-electron chi connectivity index (χ4n) is 3.84. The summed E-state index contributed by atoms with van der Waals surface area (Å²) in [4.78, 5) is 0. The minimum absolute atomic E-state index is 0.835. The first-order valence-corrected chi connectivity index (χ1v) is 9.24. The molecule has 106 valence electrons. The van der Waals surface area contributed by atoms with E-state index in [0.717, 1.165) is 23.3 Å². The van der Waals surface area contributed by atoms with E-state index in [2.05, 4.69) is 30.9 Å². The van der Waals surface area contributed by atoms with Crippen molar-refractivity contribution in [2.24, 2.45) is 5.92 Å². The molecule has 2 aliphatic rings. The fourth-order valence-corrected chi connectivity index (χ4v) is 4.98. The molecule has 18 heavy (non-hydrogen) atoms. The van der Waals surface area contributed by atoms with E-state index in [1.165, 1.54) is 63.5 Å². The summed E-state index contributed by atoms with van der Waals surface area (Å²) in [6, 6.07) is 1.68. The number of rotatable bonds is 6. The molecule has 0 radical (unpaired) electrons. The lowest BCUT2D eigenvalue weighted by molar-refractivity contribution is 0.263. The predicted molar refractivity (Wildman–Crippen MR) is 83.3 cm³/mol. The van der Waals surface area contributed by atoms with Gasteiger partial charge in [0.2, 0.25) is 0 Å². The third-order valence-corrected chi connectivity index (χ3v) is 6.03. The van der Waals surface area contributed by atoms with Gasteiger partial charge in [0.15, 0.2) is 0 Å². The zero-order valence-corrected chi connectivity index (χ0v) is 13.1. The molecule has 2 rings (SSSR count). The van der Waals surface area contributed by atoms with E-state index in [4.69, 9.17) is 0 Å². The van der Waals surface area contributed by atoms with Crippen molar-refractivity contribution in [1.29, 1.82) is 0 Å². The molecule has 0 amide bonds. The number of thioether (sulfide) groups is 1. The largest absolute Gasteiger partial charge is 0.311 e. The van der Waals surface area contributed by atoms with Crippen LogP contribution in [-0.2, 0) is 0 Å². The van der Waals surface area contributed by atoms with Gasteiger partial charge in [-0.25, -0.2) is 0 Å². The third kappa shape index (κ3) is 4.45. The summed E-state index contributed by atoms with van der Waals surface area (Å²) in [6.07, 6.45) is 13.0. The zero-order valence-electron chi connectivity index (χ0n) is 12.3. The maximum absolute atomic E-state index is 3.96. The molecule has 2 aliphatic carbocycles. The highest BCUT2D eigenvalue weighted by Gasteiger charge is 2.28. The van der Waals surface area contributed by atoms with Crippen molar-refractivity contribution in [2.45, 2.75) is 89.0 Å². The number of nitrogens with one attached hydrogen (secondary N) is 1. The Morgan fingerprint density at radius 1 is 0.944 bits per heavy atom. The molecule has 2 heteroatoms. The summed E-state index contributed by atoms with van der Waals surface area (Å²) in [5.41, 5.74) is 0. The van der Waals surface area contributed by atoms with E-state index in [9.17, 15) is 0 Å². The monoisotopic (exact) mass is 269 g/mol. The maximum atomic E-state index is 3.96. The van der Waals surface area contributed by atoms with Gasteiger partial charge in [-0.2, -0.15) is 11.8 Å². The summed E-state index contributed by atoms with van der Waals surface area (Å²) in [5, 5.41) is 4.90. The van der Waals surface area contributed by atoms with Crippen LogP contribution in [0.1, 0.15) is 71.6 Å². The highest BCUT2D eigenvalue weighted by Crippen LogP contribution is 2.32. The van der Waals surface area contributed by atoms with Crippen LogP contribution in [0.4, 0.5) is 0 Å². The van der Waals surface area contributed by atoms with Crippen molar-refractivity contribution in [3.63, 3.8) is 0 Å². The van der Waals surface area contributed by atoms with Gasteiger partial charge in [-0.15, -0.1) is 0 Å².